The third-order valence-corrected chi connectivity index (χ3v) is 3.84. The van der Waals surface area contributed by atoms with E-state index in [9.17, 15) is 4.79 Å². The molecule has 1 atom stereocenters. The minimum absolute atomic E-state index is 0.112. The Morgan fingerprint density at radius 2 is 2.06 bits per heavy atom. The van der Waals surface area contributed by atoms with Gasteiger partial charge in [-0.15, -0.1) is 0 Å². The number of hydrogen-bond acceptors (Lipinski definition) is 3. The minimum Gasteiger partial charge on any atom is -0.383 e. The number of methoxy groups -OCH3 is 1. The molecule has 4 heteroatoms. The Morgan fingerprint density at radius 1 is 1.47 bits per heavy atom. The lowest BCUT2D eigenvalue weighted by atomic mass is 9.96. The van der Waals surface area contributed by atoms with Crippen molar-refractivity contribution in [2.75, 3.05) is 20.3 Å². The van der Waals surface area contributed by atoms with Crippen LogP contribution in [0.2, 0.25) is 0 Å². The maximum absolute atomic E-state index is 12.5. The van der Waals surface area contributed by atoms with Crippen molar-refractivity contribution in [2.24, 2.45) is 5.73 Å². The lowest BCUT2D eigenvalue weighted by Gasteiger charge is -2.35. The van der Waals surface area contributed by atoms with E-state index in [4.69, 9.17) is 10.5 Å². The van der Waals surface area contributed by atoms with Gasteiger partial charge in [0.15, 0.2) is 0 Å². The average molecular weight is 242 g/mol. The Balaban J connectivity index is 2.70. The molecule has 4 nitrogen and oxygen atoms in total. The first-order valence-corrected chi connectivity index (χ1v) is 6.64. The number of amides is 1. The largest absolute Gasteiger partial charge is 0.383 e. The van der Waals surface area contributed by atoms with Crippen LogP contribution in [-0.4, -0.2) is 42.6 Å². The first-order chi connectivity index (χ1) is 8.05. The van der Waals surface area contributed by atoms with Crippen molar-refractivity contribution in [3.8, 4) is 0 Å². The second-order valence-electron chi connectivity index (χ2n) is 5.11. The van der Waals surface area contributed by atoms with E-state index in [2.05, 4.69) is 13.8 Å². The Kier molecular flexibility index (Phi) is 5.40. The predicted molar refractivity (Wildman–Crippen MR) is 68.7 cm³/mol. The molecule has 100 valence electrons. The number of nitrogens with zero attached hydrogens (tertiary/aromatic N) is 1. The van der Waals surface area contributed by atoms with Crippen LogP contribution in [-0.2, 0) is 9.53 Å². The fourth-order valence-corrected chi connectivity index (χ4v) is 2.44. The number of hydrogen-bond donors (Lipinski definition) is 1. The van der Waals surface area contributed by atoms with E-state index in [-0.39, 0.29) is 11.9 Å². The molecule has 0 aliphatic heterocycles. The summed E-state index contributed by atoms with van der Waals surface area (Å²) in [5.74, 6) is 0.112. The number of carbonyl (C=O) groups is 1. The summed E-state index contributed by atoms with van der Waals surface area (Å²) >= 11 is 0. The third-order valence-electron chi connectivity index (χ3n) is 3.84. The molecule has 1 aliphatic carbocycles. The van der Waals surface area contributed by atoms with Crippen LogP contribution in [0, 0.1) is 0 Å². The first-order valence-electron chi connectivity index (χ1n) is 6.64. The lowest BCUT2D eigenvalue weighted by molar-refractivity contribution is -0.139. The van der Waals surface area contributed by atoms with Gasteiger partial charge in [-0.05, 0) is 26.2 Å². The molecule has 0 bridgehead atoms. The van der Waals surface area contributed by atoms with E-state index in [0.717, 1.165) is 32.1 Å². The van der Waals surface area contributed by atoms with Crippen LogP contribution in [0.5, 0.6) is 0 Å². The van der Waals surface area contributed by atoms with Gasteiger partial charge in [0.2, 0.25) is 5.91 Å². The van der Waals surface area contributed by atoms with Crippen LogP contribution >= 0.6 is 0 Å². The predicted octanol–water partition coefficient (Wildman–Crippen LogP) is 1.53. The SMILES string of the molecule is CCC(C)N(CCOC)C(=O)C1(N)CCCC1. The molecule has 1 rings (SSSR count). The number of carbonyl (C=O) groups excluding carboxylic acids is 1. The molecule has 0 spiro atoms. The van der Waals surface area contributed by atoms with Crippen LogP contribution in [0.25, 0.3) is 0 Å². The van der Waals surface area contributed by atoms with Crippen LogP contribution in [0.15, 0.2) is 0 Å². The lowest BCUT2D eigenvalue weighted by Crippen LogP contribution is -2.56. The zero-order chi connectivity index (χ0) is 12.9. The molecule has 17 heavy (non-hydrogen) atoms. The van der Waals surface area contributed by atoms with Crippen LogP contribution < -0.4 is 5.73 Å². The van der Waals surface area contributed by atoms with Crippen molar-refractivity contribution >= 4 is 5.91 Å². The Bertz CT molecular complexity index is 250. The fraction of sp³-hybridized carbons (Fsp3) is 0.923. The normalized spacial score (nSPS) is 20.2. The molecule has 1 fully saturated rings. The molecule has 1 unspecified atom stereocenters. The van der Waals surface area contributed by atoms with Gasteiger partial charge in [-0.25, -0.2) is 0 Å². The topological polar surface area (TPSA) is 55.6 Å². The quantitative estimate of drug-likeness (QED) is 0.768. The molecule has 0 saturated heterocycles. The zero-order valence-corrected chi connectivity index (χ0v) is 11.4. The molecule has 0 aromatic heterocycles. The van der Waals surface area contributed by atoms with Gasteiger partial charge in [0.1, 0.15) is 0 Å². The van der Waals surface area contributed by atoms with E-state index in [1.807, 2.05) is 4.90 Å². The van der Waals surface area contributed by atoms with Gasteiger partial charge >= 0.3 is 0 Å². The summed E-state index contributed by atoms with van der Waals surface area (Å²) in [5, 5.41) is 0. The van der Waals surface area contributed by atoms with E-state index in [1.165, 1.54) is 0 Å². The molecule has 1 saturated carbocycles. The van der Waals surface area contributed by atoms with Gasteiger partial charge in [-0.2, -0.15) is 0 Å². The number of rotatable bonds is 6. The van der Waals surface area contributed by atoms with E-state index < -0.39 is 5.54 Å². The highest BCUT2D eigenvalue weighted by Gasteiger charge is 2.40. The van der Waals surface area contributed by atoms with E-state index >= 15 is 0 Å². The molecule has 2 N–H and O–H groups in total. The van der Waals surface area contributed by atoms with Crippen molar-refractivity contribution in [2.45, 2.75) is 57.5 Å². The molecule has 0 radical (unpaired) electrons. The summed E-state index contributed by atoms with van der Waals surface area (Å²) < 4.78 is 5.08. The Hall–Kier alpha value is -0.610. The van der Waals surface area contributed by atoms with Gasteiger partial charge in [0.05, 0.1) is 12.1 Å². The highest BCUT2D eigenvalue weighted by atomic mass is 16.5. The number of ether oxygens (including phenoxy) is 1. The summed E-state index contributed by atoms with van der Waals surface area (Å²) in [5.41, 5.74) is 5.62. The minimum atomic E-state index is -0.614. The van der Waals surface area contributed by atoms with Gasteiger partial charge in [-0.3, -0.25) is 4.79 Å². The molecule has 1 aliphatic rings. The smallest absolute Gasteiger partial charge is 0.242 e. The zero-order valence-electron chi connectivity index (χ0n) is 11.4. The molecular formula is C13H26N2O2. The van der Waals surface area contributed by atoms with Crippen molar-refractivity contribution in [3.05, 3.63) is 0 Å². The maximum Gasteiger partial charge on any atom is 0.242 e. The van der Waals surface area contributed by atoms with Crippen LogP contribution in [0.3, 0.4) is 0 Å². The summed E-state index contributed by atoms with van der Waals surface area (Å²) in [6.45, 7) is 5.39. The van der Waals surface area contributed by atoms with Gasteiger partial charge < -0.3 is 15.4 Å². The standard InChI is InChI=1S/C13H26N2O2/c1-4-11(2)15(9-10-17-3)12(16)13(14)7-5-6-8-13/h11H,4-10,14H2,1-3H3. The first kappa shape index (κ1) is 14.5. The van der Waals surface area contributed by atoms with Crippen molar-refractivity contribution in [1.29, 1.82) is 0 Å². The Labute approximate surface area is 104 Å². The molecular weight excluding hydrogens is 216 g/mol. The van der Waals surface area contributed by atoms with Gasteiger partial charge in [0, 0.05) is 19.7 Å². The van der Waals surface area contributed by atoms with Crippen molar-refractivity contribution in [1.82, 2.24) is 4.90 Å². The van der Waals surface area contributed by atoms with Crippen molar-refractivity contribution < 1.29 is 9.53 Å². The van der Waals surface area contributed by atoms with Gasteiger partial charge in [0.25, 0.3) is 0 Å². The fourth-order valence-electron chi connectivity index (χ4n) is 2.44. The van der Waals surface area contributed by atoms with E-state index in [0.29, 0.717) is 13.2 Å². The summed E-state index contributed by atoms with van der Waals surface area (Å²) in [4.78, 5) is 14.4. The molecule has 0 heterocycles. The second kappa shape index (κ2) is 6.36. The summed E-state index contributed by atoms with van der Waals surface area (Å²) in [6.07, 6.45) is 4.74. The molecule has 1 amide bonds. The van der Waals surface area contributed by atoms with E-state index in [1.54, 1.807) is 7.11 Å². The monoisotopic (exact) mass is 242 g/mol. The Morgan fingerprint density at radius 3 is 2.53 bits per heavy atom. The third kappa shape index (κ3) is 3.42. The highest BCUT2D eigenvalue weighted by molar-refractivity contribution is 5.86. The summed E-state index contributed by atoms with van der Waals surface area (Å²) in [7, 11) is 1.66. The van der Waals surface area contributed by atoms with Crippen molar-refractivity contribution in [3.63, 3.8) is 0 Å². The highest BCUT2D eigenvalue weighted by Crippen LogP contribution is 2.29. The second-order valence-corrected chi connectivity index (χ2v) is 5.11. The summed E-state index contributed by atoms with van der Waals surface area (Å²) in [6, 6.07) is 0.235. The molecule has 0 aromatic carbocycles. The average Bonchev–Trinajstić information content (AvgIpc) is 2.77. The maximum atomic E-state index is 12.5. The van der Waals surface area contributed by atoms with Gasteiger partial charge in [-0.1, -0.05) is 19.8 Å². The van der Waals surface area contributed by atoms with Crippen LogP contribution in [0.1, 0.15) is 46.0 Å². The van der Waals surface area contributed by atoms with Crippen LogP contribution in [0.4, 0.5) is 0 Å². The molecule has 0 aromatic rings. The number of nitrogens with two attached hydrogens (primary N) is 1.